The molecular weight excluding hydrogens is 196 g/mol. The predicted molar refractivity (Wildman–Crippen MR) is 72.4 cm³/mol. The Bertz CT molecular complexity index is 271. The highest BCUT2D eigenvalue weighted by atomic mass is 16.3. The van der Waals surface area contributed by atoms with E-state index in [9.17, 15) is 5.11 Å². The van der Waals surface area contributed by atoms with Crippen molar-refractivity contribution in [3.8, 4) is 0 Å². The van der Waals surface area contributed by atoms with Gasteiger partial charge in [-0.3, -0.25) is 0 Å². The summed E-state index contributed by atoms with van der Waals surface area (Å²) in [7, 11) is 0. The maximum Gasteiger partial charge on any atom is 0.0797 e. The SMILES string of the molecule is C=CC1=C(C=C)C(O)CC(C)(C)CC1.CC. The molecule has 1 atom stereocenters. The summed E-state index contributed by atoms with van der Waals surface area (Å²) in [6.07, 6.45) is 6.15. The molecule has 16 heavy (non-hydrogen) atoms. The maximum atomic E-state index is 10.0. The van der Waals surface area contributed by atoms with Crippen LogP contribution in [0, 0.1) is 5.41 Å². The van der Waals surface area contributed by atoms with Crippen molar-refractivity contribution >= 4 is 0 Å². The van der Waals surface area contributed by atoms with E-state index in [0.29, 0.717) is 0 Å². The van der Waals surface area contributed by atoms with Crippen molar-refractivity contribution in [1.82, 2.24) is 0 Å². The lowest BCUT2D eigenvalue weighted by Gasteiger charge is -2.24. The number of hydrogen-bond acceptors (Lipinski definition) is 1. The van der Waals surface area contributed by atoms with E-state index in [2.05, 4.69) is 27.0 Å². The number of rotatable bonds is 2. The lowest BCUT2D eigenvalue weighted by atomic mass is 9.83. The summed E-state index contributed by atoms with van der Waals surface area (Å²) in [5.74, 6) is 0. The first kappa shape index (κ1) is 15.2. The molecule has 1 heteroatoms. The van der Waals surface area contributed by atoms with Crippen LogP contribution in [-0.2, 0) is 0 Å². The van der Waals surface area contributed by atoms with Crippen LogP contribution in [0.5, 0.6) is 0 Å². The molecule has 0 amide bonds. The van der Waals surface area contributed by atoms with Gasteiger partial charge in [0.1, 0.15) is 0 Å². The van der Waals surface area contributed by atoms with Crippen LogP contribution in [0.4, 0.5) is 0 Å². The second kappa shape index (κ2) is 6.70. The number of allylic oxidation sites excluding steroid dienone is 2. The highest BCUT2D eigenvalue weighted by Crippen LogP contribution is 2.37. The monoisotopic (exact) mass is 222 g/mol. The fraction of sp³-hybridized carbons (Fsp3) is 0.600. The Morgan fingerprint density at radius 2 is 1.81 bits per heavy atom. The van der Waals surface area contributed by atoms with Crippen molar-refractivity contribution in [2.24, 2.45) is 5.41 Å². The van der Waals surface area contributed by atoms with Gasteiger partial charge in [0, 0.05) is 0 Å². The van der Waals surface area contributed by atoms with E-state index >= 15 is 0 Å². The third-order valence-electron chi connectivity index (χ3n) is 3.01. The van der Waals surface area contributed by atoms with Crippen LogP contribution in [0.3, 0.4) is 0 Å². The van der Waals surface area contributed by atoms with Crippen LogP contribution in [0.25, 0.3) is 0 Å². The molecule has 1 aliphatic carbocycles. The maximum absolute atomic E-state index is 10.0. The van der Waals surface area contributed by atoms with E-state index in [1.54, 1.807) is 6.08 Å². The Kier molecular flexibility index (Phi) is 6.35. The number of hydrogen-bond donors (Lipinski definition) is 1. The van der Waals surface area contributed by atoms with Crippen LogP contribution in [0.15, 0.2) is 36.5 Å². The average Bonchev–Trinajstić information content (AvgIpc) is 2.36. The summed E-state index contributed by atoms with van der Waals surface area (Å²) in [4.78, 5) is 0. The summed E-state index contributed by atoms with van der Waals surface area (Å²) in [6.45, 7) is 15.9. The van der Waals surface area contributed by atoms with Crippen molar-refractivity contribution in [3.05, 3.63) is 36.5 Å². The zero-order valence-corrected chi connectivity index (χ0v) is 11.2. The molecule has 0 heterocycles. The number of aliphatic hydroxyl groups excluding tert-OH is 1. The molecule has 0 spiro atoms. The Morgan fingerprint density at radius 1 is 1.25 bits per heavy atom. The fourth-order valence-corrected chi connectivity index (χ4v) is 2.05. The van der Waals surface area contributed by atoms with Crippen LogP contribution in [0.1, 0.15) is 47.0 Å². The van der Waals surface area contributed by atoms with Gasteiger partial charge in [-0.15, -0.1) is 0 Å². The van der Waals surface area contributed by atoms with Gasteiger partial charge in [-0.25, -0.2) is 0 Å². The normalized spacial score (nSPS) is 23.9. The summed E-state index contributed by atoms with van der Waals surface area (Å²) in [5.41, 5.74) is 2.32. The zero-order valence-electron chi connectivity index (χ0n) is 11.2. The summed E-state index contributed by atoms with van der Waals surface area (Å²) in [5, 5.41) is 10.0. The Labute approximate surface area is 101 Å². The standard InChI is InChI=1S/C13H20O.C2H6/c1-5-10-7-8-13(3,4)9-12(14)11(10)6-2;1-2/h5-6,12,14H,1-2,7-9H2,3-4H3;1-2H3. The van der Waals surface area contributed by atoms with Gasteiger partial charge in [0.05, 0.1) is 6.10 Å². The third kappa shape index (κ3) is 3.97. The molecule has 0 aromatic carbocycles. The topological polar surface area (TPSA) is 20.2 Å². The van der Waals surface area contributed by atoms with E-state index in [-0.39, 0.29) is 11.5 Å². The van der Waals surface area contributed by atoms with Gasteiger partial charge < -0.3 is 5.11 Å². The first-order valence-electron chi connectivity index (χ1n) is 6.16. The first-order chi connectivity index (χ1) is 7.50. The van der Waals surface area contributed by atoms with E-state index in [1.807, 2.05) is 19.9 Å². The molecule has 0 saturated carbocycles. The highest BCUT2D eigenvalue weighted by Gasteiger charge is 2.27. The van der Waals surface area contributed by atoms with Crippen molar-refractivity contribution in [3.63, 3.8) is 0 Å². The molecule has 0 bridgehead atoms. The fourth-order valence-electron chi connectivity index (χ4n) is 2.05. The molecule has 0 aromatic heterocycles. The molecule has 0 saturated heterocycles. The summed E-state index contributed by atoms with van der Waals surface area (Å²) in [6, 6.07) is 0. The van der Waals surface area contributed by atoms with Gasteiger partial charge in [-0.2, -0.15) is 0 Å². The van der Waals surface area contributed by atoms with Crippen molar-refractivity contribution in [1.29, 1.82) is 0 Å². The Hall–Kier alpha value is -0.820. The second-order valence-electron chi connectivity index (χ2n) is 4.77. The summed E-state index contributed by atoms with van der Waals surface area (Å²) >= 11 is 0. The highest BCUT2D eigenvalue weighted by molar-refractivity contribution is 5.35. The van der Waals surface area contributed by atoms with Gasteiger partial charge in [0.2, 0.25) is 0 Å². The van der Waals surface area contributed by atoms with Crippen molar-refractivity contribution in [2.75, 3.05) is 0 Å². The van der Waals surface area contributed by atoms with Gasteiger partial charge >= 0.3 is 0 Å². The van der Waals surface area contributed by atoms with Gasteiger partial charge in [-0.05, 0) is 35.8 Å². The molecule has 0 aliphatic heterocycles. The quantitative estimate of drug-likeness (QED) is 0.740. The van der Waals surface area contributed by atoms with Crippen LogP contribution < -0.4 is 0 Å². The van der Waals surface area contributed by atoms with Crippen LogP contribution in [-0.4, -0.2) is 11.2 Å². The molecule has 1 rings (SSSR count). The van der Waals surface area contributed by atoms with Gasteiger partial charge in [0.15, 0.2) is 0 Å². The molecule has 1 unspecified atom stereocenters. The molecule has 0 aromatic rings. The van der Waals surface area contributed by atoms with Gasteiger partial charge in [0.25, 0.3) is 0 Å². The van der Waals surface area contributed by atoms with E-state index in [4.69, 9.17) is 0 Å². The minimum Gasteiger partial charge on any atom is -0.388 e. The van der Waals surface area contributed by atoms with Crippen molar-refractivity contribution in [2.45, 2.75) is 53.1 Å². The predicted octanol–water partition coefficient (Wildman–Crippen LogP) is 4.25. The Balaban J connectivity index is 0.00000106. The van der Waals surface area contributed by atoms with Crippen LogP contribution in [0.2, 0.25) is 0 Å². The largest absolute Gasteiger partial charge is 0.388 e. The van der Waals surface area contributed by atoms with Crippen LogP contribution >= 0.6 is 0 Å². The smallest absolute Gasteiger partial charge is 0.0797 e. The van der Waals surface area contributed by atoms with E-state index in [1.165, 1.54) is 0 Å². The lowest BCUT2D eigenvalue weighted by molar-refractivity contribution is 0.146. The Morgan fingerprint density at radius 3 is 2.25 bits per heavy atom. The molecule has 1 N–H and O–H groups in total. The first-order valence-corrected chi connectivity index (χ1v) is 6.16. The van der Waals surface area contributed by atoms with E-state index < -0.39 is 0 Å². The molecule has 0 fully saturated rings. The molecular formula is C15H26O. The summed E-state index contributed by atoms with van der Waals surface area (Å²) < 4.78 is 0. The molecule has 1 aliphatic rings. The zero-order chi connectivity index (χ0) is 12.8. The lowest BCUT2D eigenvalue weighted by Crippen LogP contribution is -2.19. The molecule has 0 radical (unpaired) electrons. The number of aliphatic hydroxyl groups is 1. The third-order valence-corrected chi connectivity index (χ3v) is 3.01. The second-order valence-corrected chi connectivity index (χ2v) is 4.77. The molecule has 1 nitrogen and oxygen atoms in total. The minimum absolute atomic E-state index is 0.207. The molecule has 92 valence electrons. The van der Waals surface area contributed by atoms with Crippen molar-refractivity contribution < 1.29 is 5.11 Å². The van der Waals surface area contributed by atoms with Gasteiger partial charge in [-0.1, -0.05) is 53.0 Å². The average molecular weight is 222 g/mol. The van der Waals surface area contributed by atoms with E-state index in [0.717, 1.165) is 30.4 Å². The minimum atomic E-state index is -0.377.